The minimum absolute atomic E-state index is 0.0820. The summed E-state index contributed by atoms with van der Waals surface area (Å²) in [5, 5.41) is 22.7. The molecule has 0 aromatic heterocycles. The third kappa shape index (κ3) is 11.2. The van der Waals surface area contributed by atoms with E-state index in [1.165, 1.54) is 242 Å². The van der Waals surface area contributed by atoms with Crippen molar-refractivity contribution in [3.05, 3.63) is 447 Å². The smallest absolute Gasteiger partial charge is 0.0159 e. The molecular formula is C120H82. The lowest BCUT2D eigenvalue weighted by Crippen LogP contribution is -2.15. The minimum atomic E-state index is -0.0893. The number of hydrogen-bond donors (Lipinski definition) is 0. The molecule has 0 nitrogen and oxygen atoms in total. The Bertz CT molecular complexity index is 7910. The first kappa shape index (κ1) is 70.6. The number of fused-ring (bicyclic) bond motifs is 15. The van der Waals surface area contributed by atoms with Gasteiger partial charge in [0.25, 0.3) is 0 Å². The van der Waals surface area contributed by atoms with E-state index in [9.17, 15) is 0 Å². The normalized spacial score (nSPS) is 13.0. The summed E-state index contributed by atoms with van der Waals surface area (Å²) in [5.41, 5.74) is 33.3. The quantitative estimate of drug-likeness (QED) is 0.126. The molecule has 0 heteroatoms. The fourth-order valence-corrected chi connectivity index (χ4v) is 21.0. The Morgan fingerprint density at radius 2 is 0.358 bits per heavy atom. The van der Waals surface area contributed by atoms with Crippen molar-refractivity contribution in [2.75, 3.05) is 0 Å². The van der Waals surface area contributed by atoms with Gasteiger partial charge < -0.3 is 0 Å². The molecule has 120 heavy (non-hydrogen) atoms. The van der Waals surface area contributed by atoms with Crippen LogP contribution in [0, 0.1) is 0 Å². The fraction of sp³-hybridized carbons (Fsp3) is 0.0500. The Hall–Kier alpha value is -14.8. The Labute approximate surface area is 699 Å². The van der Waals surface area contributed by atoms with E-state index in [1.807, 2.05) is 0 Å². The highest BCUT2D eigenvalue weighted by Crippen LogP contribution is 2.56. The summed E-state index contributed by atoms with van der Waals surface area (Å²) in [6, 6.07) is 158. The third-order valence-corrected chi connectivity index (χ3v) is 26.7. The SMILES string of the molecule is CC1(C)c2ccccc2-c2ccc(-c3c4ccccc4c(-c4ccc5c(c4)C(C)(C)c4ccccc4-5)c4cc(-c5ccc(-c6ccccc6)cc5)ccc34)cc21.c1ccc2c(-c3c4ccccc4c(-c4ccc(-c5ccc6c(-c7cccc8ccccc78)c7ccccc7c(-c7cccc8ccccc78)c6c5)cc4)c4ccccc34)cccc2c1. The van der Waals surface area contributed by atoms with Crippen molar-refractivity contribution >= 4 is 97.0 Å². The molecule has 0 fully saturated rings. The van der Waals surface area contributed by atoms with Crippen molar-refractivity contribution in [3.63, 3.8) is 0 Å². The van der Waals surface area contributed by atoms with E-state index in [2.05, 4.69) is 452 Å². The van der Waals surface area contributed by atoms with E-state index in [1.54, 1.807) is 0 Å². The standard InChI is InChI=1S/C64H40.C56H42/c1-4-22-47-42(16-1)19-13-31-50(47)62-55-27-9-7-25-53(55)61(54-26-8-10-28-56(54)62)45-36-34-41(35-37-45)46-38-39-59-60(40-46)64(52-33-15-21-44-18-3-6-24-49(44)52)58-30-12-11-29-57(58)63(59)51-32-14-20-43-17-2-5-23-48(43)51;1-55(2)49-20-12-10-16-41(49)43-29-27-39(33-51(43)55)53-45-18-8-9-19-46(45)54(40-28-30-44-42-17-11-13-21-50(42)56(3,4)52(44)34-40)48-32-38(26-31-47(48)53)37-24-22-36(23-25-37)35-14-6-5-7-15-35/h1-40H;5-34H,1-4H3. The van der Waals surface area contributed by atoms with Crippen LogP contribution in [0.15, 0.2) is 425 Å². The van der Waals surface area contributed by atoms with Crippen molar-refractivity contribution in [1.29, 1.82) is 0 Å². The molecule has 0 spiro atoms. The second-order valence-corrected chi connectivity index (χ2v) is 33.9. The summed E-state index contributed by atoms with van der Waals surface area (Å²) in [6.07, 6.45) is 0. The second-order valence-electron chi connectivity index (χ2n) is 33.9. The predicted molar refractivity (Wildman–Crippen MR) is 514 cm³/mol. The van der Waals surface area contributed by atoms with Gasteiger partial charge in [0.05, 0.1) is 0 Å². The van der Waals surface area contributed by atoms with Crippen LogP contribution in [0.4, 0.5) is 0 Å². The van der Waals surface area contributed by atoms with Crippen LogP contribution in [0.5, 0.6) is 0 Å². The molecule has 0 radical (unpaired) electrons. The highest BCUT2D eigenvalue weighted by atomic mass is 14.4. The van der Waals surface area contributed by atoms with Crippen LogP contribution in [0.2, 0.25) is 0 Å². The lowest BCUT2D eigenvalue weighted by atomic mass is 9.79. The van der Waals surface area contributed by atoms with Gasteiger partial charge in [0.1, 0.15) is 0 Å². The summed E-state index contributed by atoms with van der Waals surface area (Å²) in [6.45, 7) is 9.52. The van der Waals surface area contributed by atoms with Gasteiger partial charge in [-0.25, -0.2) is 0 Å². The van der Waals surface area contributed by atoms with Crippen molar-refractivity contribution in [3.8, 4) is 122 Å². The van der Waals surface area contributed by atoms with Crippen LogP contribution in [0.25, 0.3) is 219 Å². The van der Waals surface area contributed by atoms with Crippen molar-refractivity contribution < 1.29 is 0 Å². The number of rotatable bonds is 9. The van der Waals surface area contributed by atoms with Crippen LogP contribution in [0.3, 0.4) is 0 Å². The van der Waals surface area contributed by atoms with Gasteiger partial charge in [-0.1, -0.05) is 428 Å². The van der Waals surface area contributed by atoms with Crippen LogP contribution in [0.1, 0.15) is 49.9 Å². The average molecular weight is 1520 g/mol. The predicted octanol–water partition coefficient (Wildman–Crippen LogP) is 33.4. The third-order valence-electron chi connectivity index (χ3n) is 26.7. The summed E-state index contributed by atoms with van der Waals surface area (Å²) < 4.78 is 0. The molecule has 0 amide bonds. The molecule has 0 bridgehead atoms. The van der Waals surface area contributed by atoms with E-state index in [4.69, 9.17) is 0 Å². The fourth-order valence-electron chi connectivity index (χ4n) is 21.0. The van der Waals surface area contributed by atoms with Gasteiger partial charge in [-0.05, 0) is 266 Å². The molecule has 0 unspecified atom stereocenters. The van der Waals surface area contributed by atoms with E-state index >= 15 is 0 Å². The molecule has 0 N–H and O–H groups in total. The average Bonchev–Trinajstić information content (AvgIpc) is 1.19. The summed E-state index contributed by atoms with van der Waals surface area (Å²) in [5.74, 6) is 0. The molecule has 22 aromatic carbocycles. The molecule has 2 aliphatic rings. The van der Waals surface area contributed by atoms with E-state index < -0.39 is 0 Å². The Morgan fingerprint density at radius 1 is 0.125 bits per heavy atom. The first-order valence-electron chi connectivity index (χ1n) is 42.2. The Kier molecular flexibility index (Phi) is 16.4. The molecule has 0 saturated heterocycles. The molecule has 0 aliphatic heterocycles. The maximum atomic E-state index is 2.49. The van der Waals surface area contributed by atoms with Crippen LogP contribution >= 0.6 is 0 Å². The zero-order valence-electron chi connectivity index (χ0n) is 67.4. The van der Waals surface area contributed by atoms with Crippen LogP contribution in [-0.4, -0.2) is 0 Å². The van der Waals surface area contributed by atoms with Crippen molar-refractivity contribution in [2.45, 2.75) is 38.5 Å². The van der Waals surface area contributed by atoms with Crippen molar-refractivity contribution in [2.24, 2.45) is 0 Å². The van der Waals surface area contributed by atoms with Gasteiger partial charge in [0.15, 0.2) is 0 Å². The van der Waals surface area contributed by atoms with E-state index in [-0.39, 0.29) is 10.8 Å². The first-order chi connectivity index (χ1) is 59.1. The molecule has 0 atom stereocenters. The second kappa shape index (κ2) is 28.0. The van der Waals surface area contributed by atoms with Gasteiger partial charge in [0, 0.05) is 10.8 Å². The van der Waals surface area contributed by atoms with Gasteiger partial charge in [0.2, 0.25) is 0 Å². The molecule has 24 rings (SSSR count). The zero-order chi connectivity index (χ0) is 79.9. The zero-order valence-corrected chi connectivity index (χ0v) is 67.4. The number of hydrogen-bond acceptors (Lipinski definition) is 0. The van der Waals surface area contributed by atoms with Gasteiger partial charge >= 0.3 is 0 Å². The number of benzene rings is 22. The van der Waals surface area contributed by atoms with Crippen LogP contribution < -0.4 is 0 Å². The van der Waals surface area contributed by atoms with Gasteiger partial charge in [-0.3, -0.25) is 0 Å². The summed E-state index contributed by atoms with van der Waals surface area (Å²) >= 11 is 0. The lowest BCUT2D eigenvalue weighted by molar-refractivity contribution is 0.660. The minimum Gasteiger partial charge on any atom is -0.0622 e. The van der Waals surface area contributed by atoms with E-state index in [0.29, 0.717) is 0 Å². The maximum absolute atomic E-state index is 2.49. The van der Waals surface area contributed by atoms with Gasteiger partial charge in [-0.2, -0.15) is 0 Å². The molecule has 2 aliphatic carbocycles. The molecule has 22 aromatic rings. The monoisotopic (exact) mass is 1520 g/mol. The summed E-state index contributed by atoms with van der Waals surface area (Å²) in [4.78, 5) is 0. The highest BCUT2D eigenvalue weighted by Gasteiger charge is 2.38. The molecule has 0 heterocycles. The molecule has 562 valence electrons. The molecular weight excluding hydrogens is 1440 g/mol. The first-order valence-corrected chi connectivity index (χ1v) is 42.2. The largest absolute Gasteiger partial charge is 0.0622 e. The van der Waals surface area contributed by atoms with E-state index in [0.717, 1.165) is 0 Å². The molecule has 0 saturated carbocycles. The van der Waals surface area contributed by atoms with Crippen molar-refractivity contribution in [1.82, 2.24) is 0 Å². The van der Waals surface area contributed by atoms with Crippen LogP contribution in [-0.2, 0) is 10.8 Å². The highest BCUT2D eigenvalue weighted by molar-refractivity contribution is 6.28. The lowest BCUT2D eigenvalue weighted by Gasteiger charge is -2.24. The summed E-state index contributed by atoms with van der Waals surface area (Å²) in [7, 11) is 0. The maximum Gasteiger partial charge on any atom is 0.0159 e. The van der Waals surface area contributed by atoms with Gasteiger partial charge in [-0.15, -0.1) is 0 Å². The Balaban J connectivity index is 0.000000141. The topological polar surface area (TPSA) is 0 Å². The Morgan fingerprint density at radius 3 is 0.758 bits per heavy atom.